The molecule has 0 aliphatic carbocycles. The molecule has 5 heteroatoms. The topological polar surface area (TPSA) is 31.6 Å². The van der Waals surface area contributed by atoms with Gasteiger partial charge in [-0.15, -0.1) is 0 Å². The van der Waals surface area contributed by atoms with Crippen LogP contribution in [0.4, 0.5) is 0 Å². The maximum Gasteiger partial charge on any atom is 0.217 e. The van der Waals surface area contributed by atoms with Crippen molar-refractivity contribution in [1.82, 2.24) is 0 Å². The highest BCUT2D eigenvalue weighted by Crippen LogP contribution is 2.34. The fourth-order valence-corrected chi connectivity index (χ4v) is 2.49. The van der Waals surface area contributed by atoms with Gasteiger partial charge in [-0.1, -0.05) is 18.7 Å². The fourth-order valence-electron chi connectivity index (χ4n) is 1.23. The van der Waals surface area contributed by atoms with E-state index in [9.17, 15) is 0 Å². The van der Waals surface area contributed by atoms with Crippen molar-refractivity contribution in [2.24, 2.45) is 0 Å². The lowest BCUT2D eigenvalue weighted by Gasteiger charge is -2.13. The van der Waals surface area contributed by atoms with Crippen molar-refractivity contribution in [3.63, 3.8) is 0 Å². The maximum absolute atomic E-state index is 5.69. The van der Waals surface area contributed by atoms with Crippen molar-refractivity contribution in [2.75, 3.05) is 19.0 Å². The highest BCUT2D eigenvalue weighted by molar-refractivity contribution is 9.10. The monoisotopic (exact) mass is 308 g/mol. The summed E-state index contributed by atoms with van der Waals surface area (Å²) in [7, 11) is 0. The van der Waals surface area contributed by atoms with Crippen molar-refractivity contribution in [2.45, 2.75) is 32.2 Å². The van der Waals surface area contributed by atoms with Crippen LogP contribution in [-0.2, 0) is 9.47 Å². The standard InChI is InChI=1S/C11H17BrO3S/c1-4-13-10(14-5-2)9-7-8(12)11(15-9)16-6-3/h7,10H,4-6H2,1-3H3. The third-order valence-corrected chi connectivity index (χ3v) is 3.52. The molecule has 16 heavy (non-hydrogen) atoms. The van der Waals surface area contributed by atoms with Crippen molar-refractivity contribution in [3.05, 3.63) is 16.3 Å². The number of rotatable bonds is 7. The minimum absolute atomic E-state index is 0.405. The maximum atomic E-state index is 5.69. The summed E-state index contributed by atoms with van der Waals surface area (Å²) < 4.78 is 17.6. The van der Waals surface area contributed by atoms with Crippen LogP contribution in [-0.4, -0.2) is 19.0 Å². The summed E-state index contributed by atoms with van der Waals surface area (Å²) in [6.45, 7) is 7.15. The van der Waals surface area contributed by atoms with E-state index in [0.29, 0.717) is 19.0 Å². The molecule has 0 saturated carbocycles. The Hall–Kier alpha value is 0.0300. The number of ether oxygens (including phenoxy) is 2. The van der Waals surface area contributed by atoms with Gasteiger partial charge >= 0.3 is 0 Å². The molecule has 0 radical (unpaired) electrons. The van der Waals surface area contributed by atoms with Crippen LogP contribution < -0.4 is 0 Å². The zero-order chi connectivity index (χ0) is 12.0. The van der Waals surface area contributed by atoms with E-state index in [0.717, 1.165) is 15.3 Å². The van der Waals surface area contributed by atoms with E-state index in [2.05, 4.69) is 22.9 Å². The number of hydrogen-bond acceptors (Lipinski definition) is 4. The average Bonchev–Trinajstić information content (AvgIpc) is 2.61. The van der Waals surface area contributed by atoms with Crippen LogP contribution in [0.2, 0.25) is 0 Å². The van der Waals surface area contributed by atoms with E-state index >= 15 is 0 Å². The Balaban J connectivity index is 2.79. The lowest BCUT2D eigenvalue weighted by atomic mass is 10.4. The summed E-state index contributed by atoms with van der Waals surface area (Å²) >= 11 is 5.11. The molecule has 0 bridgehead atoms. The van der Waals surface area contributed by atoms with Crippen LogP contribution >= 0.6 is 27.7 Å². The van der Waals surface area contributed by atoms with E-state index < -0.39 is 6.29 Å². The first kappa shape index (κ1) is 14.1. The number of furan rings is 1. The molecule has 3 nitrogen and oxygen atoms in total. The summed E-state index contributed by atoms with van der Waals surface area (Å²) in [6.07, 6.45) is -0.405. The van der Waals surface area contributed by atoms with Gasteiger partial charge in [-0.3, -0.25) is 0 Å². The summed E-state index contributed by atoms with van der Waals surface area (Å²) in [5, 5.41) is 0.877. The molecule has 0 aromatic carbocycles. The Morgan fingerprint density at radius 2 is 1.94 bits per heavy atom. The number of hydrogen-bond donors (Lipinski definition) is 0. The molecular formula is C11H17BrO3S. The number of thioether (sulfide) groups is 1. The smallest absolute Gasteiger partial charge is 0.217 e. The van der Waals surface area contributed by atoms with Crippen LogP contribution in [0.1, 0.15) is 32.8 Å². The molecule has 0 spiro atoms. The minimum atomic E-state index is -0.405. The lowest BCUT2D eigenvalue weighted by molar-refractivity contribution is -0.151. The normalized spacial score (nSPS) is 11.3. The highest BCUT2D eigenvalue weighted by atomic mass is 79.9. The van der Waals surface area contributed by atoms with E-state index in [-0.39, 0.29) is 0 Å². The van der Waals surface area contributed by atoms with Crippen LogP contribution in [0.5, 0.6) is 0 Å². The minimum Gasteiger partial charge on any atom is -0.448 e. The van der Waals surface area contributed by atoms with Crippen LogP contribution in [0.3, 0.4) is 0 Å². The molecule has 0 aliphatic heterocycles. The van der Waals surface area contributed by atoms with Gasteiger partial charge in [0.2, 0.25) is 6.29 Å². The third kappa shape index (κ3) is 3.80. The molecule has 92 valence electrons. The van der Waals surface area contributed by atoms with Gasteiger partial charge in [-0.2, -0.15) is 0 Å². The van der Waals surface area contributed by atoms with Crippen molar-refractivity contribution >= 4 is 27.7 Å². The quantitative estimate of drug-likeness (QED) is 0.557. The first-order valence-corrected chi connectivity index (χ1v) is 7.15. The van der Waals surface area contributed by atoms with Crippen LogP contribution in [0.25, 0.3) is 0 Å². The first-order chi connectivity index (χ1) is 7.72. The Kier molecular flexibility index (Phi) is 6.49. The van der Waals surface area contributed by atoms with Crippen molar-refractivity contribution in [3.8, 4) is 0 Å². The average molecular weight is 309 g/mol. The zero-order valence-electron chi connectivity index (χ0n) is 9.79. The third-order valence-electron chi connectivity index (χ3n) is 1.82. The van der Waals surface area contributed by atoms with E-state index in [4.69, 9.17) is 13.9 Å². The zero-order valence-corrected chi connectivity index (χ0v) is 12.2. The Morgan fingerprint density at radius 3 is 2.44 bits per heavy atom. The van der Waals surface area contributed by atoms with Crippen LogP contribution in [0.15, 0.2) is 20.0 Å². The second-order valence-corrected chi connectivity index (χ2v) is 5.05. The van der Waals surface area contributed by atoms with Crippen molar-refractivity contribution in [1.29, 1.82) is 0 Å². The predicted molar refractivity (Wildman–Crippen MR) is 68.8 cm³/mol. The molecule has 1 aromatic heterocycles. The first-order valence-electron chi connectivity index (χ1n) is 5.38. The molecule has 0 fully saturated rings. The van der Waals surface area contributed by atoms with Gasteiger partial charge in [0.1, 0.15) is 0 Å². The SMILES string of the molecule is CCOC(OCC)c1cc(Br)c(SCC)o1. The van der Waals surface area contributed by atoms with E-state index in [1.54, 1.807) is 11.8 Å². The van der Waals surface area contributed by atoms with Crippen molar-refractivity contribution < 1.29 is 13.9 Å². The summed E-state index contributed by atoms with van der Waals surface area (Å²) in [5.74, 6) is 1.69. The highest BCUT2D eigenvalue weighted by Gasteiger charge is 2.18. The molecule has 1 aromatic rings. The van der Waals surface area contributed by atoms with Gasteiger partial charge in [0.25, 0.3) is 0 Å². The molecule has 0 unspecified atom stereocenters. The predicted octanol–water partition coefficient (Wildman–Crippen LogP) is 4.23. The molecule has 1 rings (SSSR count). The van der Waals surface area contributed by atoms with Gasteiger partial charge in [0.05, 0.1) is 4.47 Å². The summed E-state index contributed by atoms with van der Waals surface area (Å²) in [5.41, 5.74) is 0. The Morgan fingerprint density at radius 1 is 1.31 bits per heavy atom. The molecule has 0 N–H and O–H groups in total. The van der Waals surface area contributed by atoms with Gasteiger partial charge in [-0.25, -0.2) is 0 Å². The molecule has 0 amide bonds. The largest absolute Gasteiger partial charge is 0.448 e. The fraction of sp³-hybridized carbons (Fsp3) is 0.636. The molecular weight excluding hydrogens is 292 g/mol. The molecule has 0 aliphatic rings. The van der Waals surface area contributed by atoms with E-state index in [1.165, 1.54) is 0 Å². The van der Waals surface area contributed by atoms with Gasteiger partial charge in [-0.05, 0) is 35.5 Å². The lowest BCUT2D eigenvalue weighted by Crippen LogP contribution is -2.07. The van der Waals surface area contributed by atoms with Gasteiger partial charge < -0.3 is 13.9 Å². The van der Waals surface area contributed by atoms with Crippen LogP contribution in [0, 0.1) is 0 Å². The molecule has 0 saturated heterocycles. The van der Waals surface area contributed by atoms with Gasteiger partial charge in [0, 0.05) is 19.3 Å². The summed E-state index contributed by atoms with van der Waals surface area (Å²) in [4.78, 5) is 0. The Labute approximate surface area is 109 Å². The molecule has 1 heterocycles. The second kappa shape index (κ2) is 7.37. The van der Waals surface area contributed by atoms with E-state index in [1.807, 2.05) is 19.9 Å². The second-order valence-electron chi connectivity index (χ2n) is 2.96. The molecule has 0 atom stereocenters. The summed E-state index contributed by atoms with van der Waals surface area (Å²) in [6, 6.07) is 1.91. The van der Waals surface area contributed by atoms with Gasteiger partial charge in [0.15, 0.2) is 10.9 Å². The number of halogens is 1. The Bertz CT molecular complexity index is 308.